The molecule has 0 aliphatic rings. The highest BCUT2D eigenvalue weighted by molar-refractivity contribution is 7.16. The molecular weight excluding hydrogens is 214 g/mol. The van der Waals surface area contributed by atoms with E-state index in [0.717, 1.165) is 11.9 Å². The minimum Gasteiger partial charge on any atom is -0.245 e. The van der Waals surface area contributed by atoms with Gasteiger partial charge >= 0.3 is 0 Å². The van der Waals surface area contributed by atoms with Crippen molar-refractivity contribution in [3.05, 3.63) is 29.3 Å². The van der Waals surface area contributed by atoms with Crippen molar-refractivity contribution in [2.75, 3.05) is 0 Å². The second-order valence-corrected chi connectivity index (χ2v) is 4.03. The standard InChI is InChI=1S/C9H9NS.C3H8.C2H6/c1-2-7-4-3-5-8-9(7)11-6-10-8;1-3-2;1-2/h3-6H,2H2,1H3;3H2,1-2H3;1-2H3. The van der Waals surface area contributed by atoms with Crippen LogP contribution in [0.4, 0.5) is 0 Å². The molecule has 0 bridgehead atoms. The van der Waals surface area contributed by atoms with Gasteiger partial charge in [-0.05, 0) is 18.1 Å². The van der Waals surface area contributed by atoms with E-state index in [0.29, 0.717) is 0 Å². The van der Waals surface area contributed by atoms with Crippen molar-refractivity contribution in [3.63, 3.8) is 0 Å². The molecule has 0 N–H and O–H groups in total. The Bertz CT molecular complexity index is 379. The lowest BCUT2D eigenvalue weighted by molar-refractivity contribution is 1.09. The van der Waals surface area contributed by atoms with E-state index in [4.69, 9.17) is 0 Å². The second-order valence-electron chi connectivity index (χ2n) is 3.18. The van der Waals surface area contributed by atoms with Crippen LogP contribution in [0, 0.1) is 0 Å². The van der Waals surface area contributed by atoms with E-state index < -0.39 is 0 Å². The summed E-state index contributed by atoms with van der Waals surface area (Å²) in [5.41, 5.74) is 4.45. The average Bonchev–Trinajstić information content (AvgIpc) is 2.80. The SMILES string of the molecule is CC.CCC.CCc1cccc2ncsc12. The van der Waals surface area contributed by atoms with Crippen molar-refractivity contribution in [2.24, 2.45) is 0 Å². The summed E-state index contributed by atoms with van der Waals surface area (Å²) in [5, 5.41) is 0. The zero-order valence-corrected chi connectivity index (χ0v) is 11.9. The van der Waals surface area contributed by atoms with E-state index in [9.17, 15) is 0 Å². The quantitative estimate of drug-likeness (QED) is 0.655. The Kier molecular flexibility index (Phi) is 8.82. The Labute approximate surface area is 104 Å². The van der Waals surface area contributed by atoms with Crippen molar-refractivity contribution in [1.82, 2.24) is 4.98 Å². The topological polar surface area (TPSA) is 12.9 Å². The van der Waals surface area contributed by atoms with Gasteiger partial charge in [-0.25, -0.2) is 4.98 Å². The van der Waals surface area contributed by atoms with Crippen LogP contribution in [0.15, 0.2) is 23.7 Å². The third-order valence-corrected chi connectivity index (χ3v) is 2.74. The number of aryl methyl sites for hydroxylation is 1. The zero-order valence-electron chi connectivity index (χ0n) is 11.1. The summed E-state index contributed by atoms with van der Waals surface area (Å²) in [5.74, 6) is 0. The van der Waals surface area contributed by atoms with Crippen LogP contribution in [0.3, 0.4) is 0 Å². The van der Waals surface area contributed by atoms with Crippen LogP contribution >= 0.6 is 11.3 Å². The zero-order chi connectivity index (χ0) is 12.4. The fraction of sp³-hybridized carbons (Fsp3) is 0.500. The number of aromatic nitrogens is 1. The maximum absolute atomic E-state index is 4.25. The first-order valence-electron chi connectivity index (χ1n) is 6.14. The number of thiazole rings is 1. The summed E-state index contributed by atoms with van der Waals surface area (Å²) in [4.78, 5) is 4.25. The van der Waals surface area contributed by atoms with Crippen LogP contribution in [0.1, 0.15) is 46.6 Å². The van der Waals surface area contributed by atoms with E-state index >= 15 is 0 Å². The third-order valence-electron chi connectivity index (χ3n) is 1.82. The number of benzene rings is 1. The van der Waals surface area contributed by atoms with Crippen molar-refractivity contribution < 1.29 is 0 Å². The van der Waals surface area contributed by atoms with Gasteiger partial charge in [-0.1, -0.05) is 53.2 Å². The predicted octanol–water partition coefficient (Wildman–Crippen LogP) is 5.30. The first-order valence-corrected chi connectivity index (χ1v) is 7.02. The molecule has 0 aliphatic carbocycles. The van der Waals surface area contributed by atoms with Gasteiger partial charge in [-0.15, -0.1) is 11.3 Å². The monoisotopic (exact) mass is 237 g/mol. The molecule has 0 saturated carbocycles. The van der Waals surface area contributed by atoms with Gasteiger partial charge in [0.25, 0.3) is 0 Å². The number of hydrogen-bond donors (Lipinski definition) is 0. The van der Waals surface area contributed by atoms with Crippen molar-refractivity contribution in [3.8, 4) is 0 Å². The van der Waals surface area contributed by atoms with Gasteiger partial charge in [0.05, 0.1) is 15.7 Å². The van der Waals surface area contributed by atoms with Crippen LogP contribution in [0.5, 0.6) is 0 Å². The molecule has 2 aromatic rings. The van der Waals surface area contributed by atoms with Crippen molar-refractivity contribution in [1.29, 1.82) is 0 Å². The lowest BCUT2D eigenvalue weighted by atomic mass is 10.2. The number of hydrogen-bond acceptors (Lipinski definition) is 2. The lowest BCUT2D eigenvalue weighted by Crippen LogP contribution is -1.78. The predicted molar refractivity (Wildman–Crippen MR) is 76.3 cm³/mol. The van der Waals surface area contributed by atoms with Crippen LogP contribution in [0.2, 0.25) is 0 Å². The highest BCUT2D eigenvalue weighted by atomic mass is 32.1. The third kappa shape index (κ3) is 4.31. The van der Waals surface area contributed by atoms with Crippen LogP contribution in [0.25, 0.3) is 10.2 Å². The molecule has 1 heterocycles. The van der Waals surface area contributed by atoms with Crippen molar-refractivity contribution >= 4 is 21.6 Å². The van der Waals surface area contributed by atoms with Gasteiger partial charge in [0, 0.05) is 0 Å². The Balaban J connectivity index is 0.000000394. The first kappa shape index (κ1) is 15.1. The molecule has 2 rings (SSSR count). The molecule has 16 heavy (non-hydrogen) atoms. The van der Waals surface area contributed by atoms with Gasteiger partial charge < -0.3 is 0 Å². The van der Waals surface area contributed by atoms with Gasteiger partial charge in [0.2, 0.25) is 0 Å². The molecule has 90 valence electrons. The molecule has 0 atom stereocenters. The Hall–Kier alpha value is -0.890. The summed E-state index contributed by atoms with van der Waals surface area (Å²) >= 11 is 1.73. The number of nitrogens with zero attached hydrogens (tertiary/aromatic N) is 1. The summed E-state index contributed by atoms with van der Waals surface area (Å²) in [6.07, 6.45) is 2.35. The maximum atomic E-state index is 4.25. The van der Waals surface area contributed by atoms with E-state index in [-0.39, 0.29) is 0 Å². The summed E-state index contributed by atoms with van der Waals surface area (Å²) in [6, 6.07) is 6.30. The fourth-order valence-electron chi connectivity index (χ4n) is 1.22. The van der Waals surface area contributed by atoms with E-state index in [1.54, 1.807) is 11.3 Å². The Morgan fingerprint density at radius 1 is 1.12 bits per heavy atom. The largest absolute Gasteiger partial charge is 0.245 e. The highest BCUT2D eigenvalue weighted by Crippen LogP contribution is 2.21. The van der Waals surface area contributed by atoms with Crippen LogP contribution in [-0.2, 0) is 6.42 Å². The van der Waals surface area contributed by atoms with Gasteiger partial charge in [0.1, 0.15) is 0 Å². The van der Waals surface area contributed by atoms with E-state index in [1.165, 1.54) is 16.7 Å². The Morgan fingerprint density at radius 2 is 1.75 bits per heavy atom. The van der Waals surface area contributed by atoms with E-state index in [1.807, 2.05) is 19.4 Å². The van der Waals surface area contributed by atoms with Crippen molar-refractivity contribution in [2.45, 2.75) is 47.5 Å². The molecule has 2 heteroatoms. The minimum absolute atomic E-state index is 1.10. The molecular formula is C14H23NS. The second kappa shape index (κ2) is 9.34. The summed E-state index contributed by atoms with van der Waals surface area (Å²) < 4.78 is 1.34. The maximum Gasteiger partial charge on any atom is 0.0814 e. The van der Waals surface area contributed by atoms with Crippen LogP contribution < -0.4 is 0 Å². The van der Waals surface area contributed by atoms with Gasteiger partial charge in [-0.2, -0.15) is 0 Å². The molecule has 1 aromatic carbocycles. The van der Waals surface area contributed by atoms with Crippen LogP contribution in [-0.4, -0.2) is 4.98 Å². The van der Waals surface area contributed by atoms with Gasteiger partial charge in [-0.3, -0.25) is 0 Å². The summed E-state index contributed by atoms with van der Waals surface area (Å²) in [7, 11) is 0. The smallest absolute Gasteiger partial charge is 0.0814 e. The molecule has 0 radical (unpaired) electrons. The average molecular weight is 237 g/mol. The van der Waals surface area contributed by atoms with E-state index in [2.05, 4.69) is 44.0 Å². The number of fused-ring (bicyclic) bond motifs is 1. The first-order chi connectivity index (χ1) is 7.83. The van der Waals surface area contributed by atoms with Gasteiger partial charge in [0.15, 0.2) is 0 Å². The minimum atomic E-state index is 1.10. The molecule has 0 unspecified atom stereocenters. The molecule has 0 fully saturated rings. The normalized spacial score (nSPS) is 8.81. The molecule has 0 amide bonds. The molecule has 0 spiro atoms. The highest BCUT2D eigenvalue weighted by Gasteiger charge is 1.99. The summed E-state index contributed by atoms with van der Waals surface area (Å²) in [6.45, 7) is 10.4. The lowest BCUT2D eigenvalue weighted by Gasteiger charge is -1.95. The number of rotatable bonds is 1. The Morgan fingerprint density at radius 3 is 2.31 bits per heavy atom. The molecule has 0 aliphatic heterocycles. The fourth-order valence-corrected chi connectivity index (χ4v) is 2.10. The molecule has 1 nitrogen and oxygen atoms in total. The molecule has 0 saturated heterocycles. The molecule has 1 aromatic heterocycles.